The van der Waals surface area contributed by atoms with E-state index in [1.807, 2.05) is 0 Å². The highest BCUT2D eigenvalue weighted by Gasteiger charge is 2.31. The first kappa shape index (κ1) is 14.1. The first-order chi connectivity index (χ1) is 9.69. The van der Waals surface area contributed by atoms with E-state index in [1.54, 1.807) is 0 Å². The molecule has 3 rings (SSSR count). The van der Waals surface area contributed by atoms with Crippen LogP contribution >= 0.6 is 0 Å². The molecule has 1 aromatic rings. The van der Waals surface area contributed by atoms with E-state index in [4.69, 9.17) is 10.6 Å². The average molecular weight is 274 g/mol. The summed E-state index contributed by atoms with van der Waals surface area (Å²) in [5, 5.41) is 0. The summed E-state index contributed by atoms with van der Waals surface area (Å²) in [6.07, 6.45) is 3.86. The normalized spacial score (nSPS) is 31.1. The minimum Gasteiger partial charge on any atom is -0.372 e. The van der Waals surface area contributed by atoms with Crippen LogP contribution in [0, 0.1) is 17.8 Å². The topological polar surface area (TPSA) is 47.3 Å². The highest BCUT2D eigenvalue weighted by atomic mass is 16.5. The molecular formula is C17H26N2O. The first-order valence-electron chi connectivity index (χ1n) is 7.84. The molecule has 0 aromatic heterocycles. The van der Waals surface area contributed by atoms with E-state index in [9.17, 15) is 0 Å². The second-order valence-electron chi connectivity index (χ2n) is 6.69. The van der Waals surface area contributed by atoms with E-state index in [0.717, 1.165) is 25.0 Å². The molecule has 3 heteroatoms. The summed E-state index contributed by atoms with van der Waals surface area (Å²) >= 11 is 0. The van der Waals surface area contributed by atoms with Gasteiger partial charge in [-0.05, 0) is 47.3 Å². The SMILES string of the molecule is CC1CCC(C(NN)c2ccc3c(c2)COC3)CC1C. The summed E-state index contributed by atoms with van der Waals surface area (Å²) in [7, 11) is 0. The van der Waals surface area contributed by atoms with Gasteiger partial charge >= 0.3 is 0 Å². The van der Waals surface area contributed by atoms with Gasteiger partial charge in [0.05, 0.1) is 13.2 Å². The predicted molar refractivity (Wildman–Crippen MR) is 80.7 cm³/mol. The molecule has 0 spiro atoms. The third kappa shape index (κ3) is 2.62. The maximum absolute atomic E-state index is 5.88. The first-order valence-corrected chi connectivity index (χ1v) is 7.84. The van der Waals surface area contributed by atoms with Gasteiger partial charge in [-0.3, -0.25) is 11.3 Å². The lowest BCUT2D eigenvalue weighted by Gasteiger charge is -2.36. The fourth-order valence-corrected chi connectivity index (χ4v) is 3.78. The number of hydrazine groups is 1. The van der Waals surface area contributed by atoms with Crippen molar-refractivity contribution < 1.29 is 4.74 Å². The molecule has 1 fully saturated rings. The second-order valence-corrected chi connectivity index (χ2v) is 6.69. The van der Waals surface area contributed by atoms with E-state index in [1.165, 1.54) is 36.0 Å². The van der Waals surface area contributed by atoms with Crippen LogP contribution in [0.25, 0.3) is 0 Å². The zero-order valence-electron chi connectivity index (χ0n) is 12.6. The Labute approximate surface area is 121 Å². The van der Waals surface area contributed by atoms with Crippen LogP contribution in [0.4, 0.5) is 0 Å². The number of nitrogens with one attached hydrogen (secondary N) is 1. The van der Waals surface area contributed by atoms with Crippen LogP contribution < -0.4 is 11.3 Å². The highest BCUT2D eigenvalue weighted by Crippen LogP contribution is 2.40. The molecule has 110 valence electrons. The fraction of sp³-hybridized carbons (Fsp3) is 0.647. The summed E-state index contributed by atoms with van der Waals surface area (Å²) in [5.41, 5.74) is 7.06. The monoisotopic (exact) mass is 274 g/mol. The molecule has 1 heterocycles. The molecule has 1 aromatic carbocycles. The molecule has 3 nitrogen and oxygen atoms in total. The van der Waals surface area contributed by atoms with Gasteiger partial charge in [0.1, 0.15) is 0 Å². The predicted octanol–water partition coefficient (Wildman–Crippen LogP) is 3.29. The lowest BCUT2D eigenvalue weighted by atomic mass is 9.72. The van der Waals surface area contributed by atoms with Gasteiger partial charge in [0.2, 0.25) is 0 Å². The van der Waals surface area contributed by atoms with Crippen molar-refractivity contribution >= 4 is 0 Å². The minimum atomic E-state index is 0.274. The third-order valence-corrected chi connectivity index (χ3v) is 5.39. The summed E-state index contributed by atoms with van der Waals surface area (Å²) in [6, 6.07) is 6.99. The molecule has 0 amide bonds. The lowest BCUT2D eigenvalue weighted by Crippen LogP contribution is -2.37. The summed E-state index contributed by atoms with van der Waals surface area (Å²) in [6.45, 7) is 6.26. The van der Waals surface area contributed by atoms with Gasteiger partial charge < -0.3 is 4.74 Å². The molecular weight excluding hydrogens is 248 g/mol. The zero-order valence-corrected chi connectivity index (χ0v) is 12.6. The van der Waals surface area contributed by atoms with Crippen LogP contribution in [0.15, 0.2) is 18.2 Å². The number of rotatable bonds is 3. The molecule has 4 unspecified atom stereocenters. The molecule has 0 saturated heterocycles. The van der Waals surface area contributed by atoms with E-state index >= 15 is 0 Å². The van der Waals surface area contributed by atoms with Crippen LogP contribution in [0.2, 0.25) is 0 Å². The van der Waals surface area contributed by atoms with Crippen molar-refractivity contribution in [3.8, 4) is 0 Å². The maximum atomic E-state index is 5.88. The van der Waals surface area contributed by atoms with Gasteiger partial charge in [0.25, 0.3) is 0 Å². The van der Waals surface area contributed by atoms with Crippen molar-refractivity contribution in [2.75, 3.05) is 0 Å². The van der Waals surface area contributed by atoms with Crippen molar-refractivity contribution in [2.45, 2.75) is 52.4 Å². The standard InChI is InChI=1S/C17H26N2O/c1-11-3-4-13(7-12(11)2)17(19-18)14-5-6-15-9-20-10-16(15)8-14/h5-6,8,11-13,17,19H,3-4,7,9-10,18H2,1-2H3. The molecule has 3 N–H and O–H groups in total. The Hall–Kier alpha value is -0.900. The Kier molecular flexibility index (Phi) is 4.11. The van der Waals surface area contributed by atoms with Crippen molar-refractivity contribution in [3.63, 3.8) is 0 Å². The summed E-state index contributed by atoms with van der Waals surface area (Å²) < 4.78 is 5.51. The lowest BCUT2D eigenvalue weighted by molar-refractivity contribution is 0.134. The molecule has 2 aliphatic rings. The van der Waals surface area contributed by atoms with Crippen LogP contribution in [0.5, 0.6) is 0 Å². The third-order valence-electron chi connectivity index (χ3n) is 5.39. The quantitative estimate of drug-likeness (QED) is 0.657. The van der Waals surface area contributed by atoms with Crippen molar-refractivity contribution in [2.24, 2.45) is 23.6 Å². The van der Waals surface area contributed by atoms with Crippen molar-refractivity contribution in [1.29, 1.82) is 0 Å². The Morgan fingerprint density at radius 2 is 1.95 bits per heavy atom. The van der Waals surface area contributed by atoms with Gasteiger partial charge in [0.15, 0.2) is 0 Å². The van der Waals surface area contributed by atoms with Gasteiger partial charge in [0, 0.05) is 6.04 Å². The summed E-state index contributed by atoms with van der Waals surface area (Å²) in [4.78, 5) is 0. The Bertz CT molecular complexity index is 474. The number of benzene rings is 1. The number of fused-ring (bicyclic) bond motifs is 1. The fourth-order valence-electron chi connectivity index (χ4n) is 3.78. The van der Waals surface area contributed by atoms with Gasteiger partial charge in [-0.1, -0.05) is 38.5 Å². The van der Waals surface area contributed by atoms with Gasteiger partial charge in [-0.2, -0.15) is 0 Å². The molecule has 1 aliphatic carbocycles. The number of hydrogen-bond donors (Lipinski definition) is 2. The van der Waals surface area contributed by atoms with E-state index in [2.05, 4.69) is 37.5 Å². The zero-order chi connectivity index (χ0) is 14.1. The molecule has 0 bridgehead atoms. The minimum absolute atomic E-state index is 0.274. The largest absolute Gasteiger partial charge is 0.372 e. The van der Waals surface area contributed by atoms with Crippen LogP contribution in [-0.2, 0) is 18.0 Å². The Morgan fingerprint density at radius 3 is 2.70 bits per heavy atom. The molecule has 4 atom stereocenters. The van der Waals surface area contributed by atoms with Gasteiger partial charge in [-0.15, -0.1) is 0 Å². The van der Waals surface area contributed by atoms with Crippen molar-refractivity contribution in [1.82, 2.24) is 5.43 Å². The second kappa shape index (κ2) is 5.84. The van der Waals surface area contributed by atoms with Gasteiger partial charge in [-0.25, -0.2) is 0 Å². The summed E-state index contributed by atoms with van der Waals surface area (Å²) in [5.74, 6) is 8.16. The van der Waals surface area contributed by atoms with Crippen LogP contribution in [-0.4, -0.2) is 0 Å². The van der Waals surface area contributed by atoms with E-state index in [0.29, 0.717) is 5.92 Å². The van der Waals surface area contributed by atoms with Crippen molar-refractivity contribution in [3.05, 3.63) is 34.9 Å². The van der Waals surface area contributed by atoms with Crippen LogP contribution in [0.1, 0.15) is 55.8 Å². The average Bonchev–Trinajstić information content (AvgIpc) is 2.91. The molecule has 1 saturated carbocycles. The molecule has 0 radical (unpaired) electrons. The number of ether oxygens (including phenoxy) is 1. The Morgan fingerprint density at radius 1 is 1.15 bits per heavy atom. The number of nitrogens with two attached hydrogens (primary N) is 1. The van der Waals surface area contributed by atoms with E-state index < -0.39 is 0 Å². The van der Waals surface area contributed by atoms with Crippen LogP contribution in [0.3, 0.4) is 0 Å². The Balaban J connectivity index is 1.79. The number of hydrogen-bond acceptors (Lipinski definition) is 3. The smallest absolute Gasteiger partial charge is 0.0725 e. The van der Waals surface area contributed by atoms with E-state index in [-0.39, 0.29) is 6.04 Å². The molecule has 20 heavy (non-hydrogen) atoms. The maximum Gasteiger partial charge on any atom is 0.0725 e. The molecule has 1 aliphatic heterocycles. The highest BCUT2D eigenvalue weighted by molar-refractivity contribution is 5.35.